The first-order valence-corrected chi connectivity index (χ1v) is 16.2. The van der Waals surface area contributed by atoms with Crippen LogP contribution in [0.1, 0.15) is 156 Å². The highest BCUT2D eigenvalue weighted by Gasteiger charge is 2.14. The van der Waals surface area contributed by atoms with Crippen molar-refractivity contribution < 1.29 is 19.1 Å². The molecule has 0 rings (SSSR count). The van der Waals surface area contributed by atoms with Crippen LogP contribution in [0, 0.1) is 0 Å². The molecule has 0 amide bonds. The molecule has 0 aromatic heterocycles. The van der Waals surface area contributed by atoms with Crippen molar-refractivity contribution in [3.63, 3.8) is 0 Å². The summed E-state index contributed by atoms with van der Waals surface area (Å²) in [6, 6.07) is 0. The van der Waals surface area contributed by atoms with Gasteiger partial charge in [0.05, 0.1) is 0 Å². The lowest BCUT2D eigenvalue weighted by Gasteiger charge is -2.19. The molecule has 0 spiro atoms. The molecule has 5 heteroatoms. The molecule has 0 aliphatic carbocycles. The normalized spacial score (nSPS) is 11.6. The van der Waals surface area contributed by atoms with Gasteiger partial charge in [0, 0.05) is 12.8 Å². The Hall–Kier alpha value is -1.36. The molecule has 0 aromatic rings. The maximum atomic E-state index is 12.5. The van der Waals surface area contributed by atoms with E-state index in [1.165, 1.54) is 77.0 Å². The van der Waals surface area contributed by atoms with E-state index in [2.05, 4.69) is 31.7 Å². The summed E-state index contributed by atoms with van der Waals surface area (Å²) in [5.41, 5.74) is 0. The summed E-state index contributed by atoms with van der Waals surface area (Å²) in [5.74, 6) is -0.180. The van der Waals surface area contributed by atoms with Crippen LogP contribution < -0.4 is 0 Å². The summed E-state index contributed by atoms with van der Waals surface area (Å²) >= 11 is 0. The zero-order valence-electron chi connectivity index (χ0n) is 25.8. The van der Waals surface area contributed by atoms with E-state index in [-0.39, 0.29) is 18.0 Å². The third-order valence-electron chi connectivity index (χ3n) is 7.13. The van der Waals surface area contributed by atoms with E-state index in [0.29, 0.717) is 19.4 Å². The molecule has 0 saturated heterocycles. The predicted octanol–water partition coefficient (Wildman–Crippen LogP) is 9.18. The van der Waals surface area contributed by atoms with Crippen LogP contribution in [0.2, 0.25) is 0 Å². The van der Waals surface area contributed by atoms with Crippen molar-refractivity contribution in [2.24, 2.45) is 0 Å². The van der Waals surface area contributed by atoms with Crippen LogP contribution in [0.15, 0.2) is 12.2 Å². The Morgan fingerprint density at radius 2 is 1.13 bits per heavy atom. The highest BCUT2D eigenvalue weighted by Crippen LogP contribution is 2.17. The van der Waals surface area contributed by atoms with Gasteiger partial charge in [0.2, 0.25) is 0 Å². The summed E-state index contributed by atoms with van der Waals surface area (Å²) in [6.45, 7) is 8.74. The van der Waals surface area contributed by atoms with Gasteiger partial charge in [0.15, 0.2) is 0 Å². The fourth-order valence-corrected chi connectivity index (χ4v) is 4.64. The number of esters is 2. The lowest BCUT2D eigenvalue weighted by atomic mass is 10.0. The van der Waals surface area contributed by atoms with Crippen molar-refractivity contribution in [2.75, 3.05) is 26.7 Å². The second-order valence-corrected chi connectivity index (χ2v) is 11.0. The second kappa shape index (κ2) is 28.6. The Labute approximate surface area is 236 Å². The van der Waals surface area contributed by atoms with Gasteiger partial charge < -0.3 is 14.4 Å². The van der Waals surface area contributed by atoms with E-state index >= 15 is 0 Å². The molecule has 5 nitrogen and oxygen atoms in total. The number of ether oxygens (including phenoxy) is 2. The SMILES string of the molecule is CCCCCC/C=C\COC(=O)CCCN(C)CCCC(=O)OC(CCCCCCC)CCCCCCC. The first-order valence-electron chi connectivity index (χ1n) is 16.2. The van der Waals surface area contributed by atoms with Crippen molar-refractivity contribution in [3.8, 4) is 0 Å². The first-order chi connectivity index (χ1) is 18.5. The number of carbonyl (C=O) groups excluding carboxylic acids is 2. The third kappa shape index (κ3) is 26.3. The molecule has 0 aliphatic rings. The van der Waals surface area contributed by atoms with Crippen LogP contribution >= 0.6 is 0 Å². The summed E-state index contributed by atoms with van der Waals surface area (Å²) in [5, 5.41) is 0. The molecule has 0 aliphatic heterocycles. The Bertz CT molecular complexity index is 549. The van der Waals surface area contributed by atoms with Gasteiger partial charge in [-0.25, -0.2) is 0 Å². The van der Waals surface area contributed by atoms with Gasteiger partial charge in [-0.2, -0.15) is 0 Å². The minimum atomic E-state index is -0.131. The molecule has 0 fully saturated rings. The van der Waals surface area contributed by atoms with Gasteiger partial charge in [-0.3, -0.25) is 9.59 Å². The third-order valence-corrected chi connectivity index (χ3v) is 7.13. The predicted molar refractivity (Wildman–Crippen MR) is 161 cm³/mol. The minimum Gasteiger partial charge on any atom is -0.462 e. The largest absolute Gasteiger partial charge is 0.462 e. The van der Waals surface area contributed by atoms with Crippen LogP contribution in [0.5, 0.6) is 0 Å². The summed E-state index contributed by atoms with van der Waals surface area (Å²) < 4.78 is 11.2. The lowest BCUT2D eigenvalue weighted by molar-refractivity contribution is -0.150. The van der Waals surface area contributed by atoms with Gasteiger partial charge >= 0.3 is 11.9 Å². The van der Waals surface area contributed by atoms with Crippen molar-refractivity contribution in [3.05, 3.63) is 12.2 Å². The number of allylic oxidation sites excluding steroid dienone is 1. The Morgan fingerprint density at radius 3 is 1.68 bits per heavy atom. The topological polar surface area (TPSA) is 55.8 Å². The molecule has 0 N–H and O–H groups in total. The standard InChI is InChI=1S/C33H63NO4/c1-5-8-11-14-15-18-21-30-37-32(35)26-22-28-34(4)29-23-27-33(36)38-31(24-19-16-12-9-6-2)25-20-17-13-10-7-3/h18,21,31H,5-17,19-20,22-30H2,1-4H3/b21-18-. The minimum absolute atomic E-state index is 0.0486. The van der Waals surface area contributed by atoms with Crippen molar-refractivity contribution in [2.45, 2.75) is 162 Å². The fraction of sp³-hybridized carbons (Fsp3) is 0.879. The smallest absolute Gasteiger partial charge is 0.306 e. The van der Waals surface area contributed by atoms with Crippen LogP contribution in [-0.2, 0) is 19.1 Å². The molecule has 38 heavy (non-hydrogen) atoms. The molecule has 0 unspecified atom stereocenters. The van der Waals surface area contributed by atoms with E-state index < -0.39 is 0 Å². The van der Waals surface area contributed by atoms with E-state index in [0.717, 1.165) is 58.0 Å². The summed E-state index contributed by atoms with van der Waals surface area (Å²) in [6.07, 6.45) is 27.2. The van der Waals surface area contributed by atoms with E-state index in [1.54, 1.807) is 0 Å². The fourth-order valence-electron chi connectivity index (χ4n) is 4.64. The zero-order chi connectivity index (χ0) is 28.1. The summed E-state index contributed by atoms with van der Waals surface area (Å²) in [7, 11) is 2.05. The van der Waals surface area contributed by atoms with Crippen molar-refractivity contribution in [1.29, 1.82) is 0 Å². The number of nitrogens with zero attached hydrogens (tertiary/aromatic N) is 1. The molecule has 0 bridgehead atoms. The molecule has 0 radical (unpaired) electrons. The van der Waals surface area contributed by atoms with Crippen LogP contribution in [-0.4, -0.2) is 49.7 Å². The quantitative estimate of drug-likeness (QED) is 0.0565. The maximum absolute atomic E-state index is 12.5. The zero-order valence-corrected chi connectivity index (χ0v) is 25.8. The van der Waals surface area contributed by atoms with Gasteiger partial charge in [0.25, 0.3) is 0 Å². The van der Waals surface area contributed by atoms with E-state index in [4.69, 9.17) is 9.47 Å². The van der Waals surface area contributed by atoms with Crippen LogP contribution in [0.25, 0.3) is 0 Å². The molecular formula is C33H63NO4. The van der Waals surface area contributed by atoms with Gasteiger partial charge in [-0.1, -0.05) is 104 Å². The molecule has 0 atom stereocenters. The highest BCUT2D eigenvalue weighted by molar-refractivity contribution is 5.69. The molecular weight excluding hydrogens is 474 g/mol. The molecule has 0 saturated carbocycles. The monoisotopic (exact) mass is 537 g/mol. The highest BCUT2D eigenvalue weighted by atomic mass is 16.5. The Morgan fingerprint density at radius 1 is 0.632 bits per heavy atom. The first kappa shape index (κ1) is 36.6. The average molecular weight is 538 g/mol. The van der Waals surface area contributed by atoms with Gasteiger partial charge in [0.1, 0.15) is 12.7 Å². The second-order valence-electron chi connectivity index (χ2n) is 11.0. The number of hydrogen-bond donors (Lipinski definition) is 0. The Kier molecular flexibility index (Phi) is 27.6. The van der Waals surface area contributed by atoms with Crippen LogP contribution in [0.4, 0.5) is 0 Å². The average Bonchev–Trinajstić information content (AvgIpc) is 2.89. The van der Waals surface area contributed by atoms with Gasteiger partial charge in [-0.15, -0.1) is 0 Å². The molecule has 0 heterocycles. The maximum Gasteiger partial charge on any atom is 0.306 e. The van der Waals surface area contributed by atoms with Crippen molar-refractivity contribution >= 4 is 11.9 Å². The van der Waals surface area contributed by atoms with Gasteiger partial charge in [-0.05, 0) is 71.5 Å². The van der Waals surface area contributed by atoms with Crippen LogP contribution in [0.3, 0.4) is 0 Å². The Balaban J connectivity index is 4.00. The van der Waals surface area contributed by atoms with E-state index in [9.17, 15) is 9.59 Å². The number of hydrogen-bond acceptors (Lipinski definition) is 5. The van der Waals surface area contributed by atoms with Crippen molar-refractivity contribution in [1.82, 2.24) is 4.90 Å². The summed E-state index contributed by atoms with van der Waals surface area (Å²) in [4.78, 5) is 26.6. The number of unbranched alkanes of at least 4 members (excludes halogenated alkanes) is 12. The number of carbonyl (C=O) groups is 2. The number of rotatable bonds is 28. The molecule has 0 aromatic carbocycles. The van der Waals surface area contributed by atoms with E-state index in [1.807, 2.05) is 13.1 Å². The lowest BCUT2D eigenvalue weighted by Crippen LogP contribution is -2.23. The molecule has 224 valence electrons.